The molecular formula is C24H28F2N6O2S. The molecule has 3 aliphatic rings. The van der Waals surface area contributed by atoms with Crippen molar-refractivity contribution in [1.29, 1.82) is 0 Å². The Bertz CT molecular complexity index is 1190. The number of amides is 1. The molecule has 1 amide bonds. The summed E-state index contributed by atoms with van der Waals surface area (Å²) in [5.74, 6) is -2.04. The Morgan fingerprint density at radius 2 is 1.97 bits per heavy atom. The van der Waals surface area contributed by atoms with Crippen LogP contribution < -0.4 is 27.0 Å². The summed E-state index contributed by atoms with van der Waals surface area (Å²) < 4.78 is 29.9. The van der Waals surface area contributed by atoms with Crippen LogP contribution in [0, 0.1) is 17.6 Å². The number of rotatable bonds is 4. The van der Waals surface area contributed by atoms with E-state index in [9.17, 15) is 18.7 Å². The molecule has 35 heavy (non-hydrogen) atoms. The fourth-order valence-electron chi connectivity index (χ4n) is 5.49. The third kappa shape index (κ3) is 4.01. The lowest BCUT2D eigenvalue weighted by molar-refractivity contribution is -0.114. The van der Waals surface area contributed by atoms with E-state index in [1.807, 2.05) is 0 Å². The summed E-state index contributed by atoms with van der Waals surface area (Å²) in [7, 11) is 0. The van der Waals surface area contributed by atoms with Gasteiger partial charge in [-0.15, -0.1) is 0 Å². The van der Waals surface area contributed by atoms with E-state index in [2.05, 4.69) is 16.8 Å². The zero-order valence-corrected chi connectivity index (χ0v) is 20.1. The fourth-order valence-corrected chi connectivity index (χ4v) is 6.71. The van der Waals surface area contributed by atoms with Crippen LogP contribution in [0.25, 0.3) is 0 Å². The highest BCUT2D eigenvalue weighted by atomic mass is 32.2. The molecule has 0 radical (unpaired) electrons. The molecule has 1 fully saturated rings. The molecule has 186 valence electrons. The lowest BCUT2D eigenvalue weighted by atomic mass is 9.95. The summed E-state index contributed by atoms with van der Waals surface area (Å²) in [6.07, 6.45) is 2.76. The molecule has 8 nitrogen and oxygen atoms in total. The molecule has 0 bridgehead atoms. The molecule has 4 atom stereocenters. The van der Waals surface area contributed by atoms with Gasteiger partial charge in [-0.2, -0.15) is 0 Å². The van der Waals surface area contributed by atoms with E-state index in [4.69, 9.17) is 17.2 Å². The maximum absolute atomic E-state index is 14.9. The van der Waals surface area contributed by atoms with E-state index in [-0.39, 0.29) is 22.3 Å². The van der Waals surface area contributed by atoms with Crippen molar-refractivity contribution in [3.05, 3.63) is 63.6 Å². The van der Waals surface area contributed by atoms with Crippen LogP contribution in [-0.4, -0.2) is 35.1 Å². The molecule has 5 rings (SSSR count). The Morgan fingerprint density at radius 1 is 1.26 bits per heavy atom. The lowest BCUT2D eigenvalue weighted by Crippen LogP contribution is -2.47. The molecular weight excluding hydrogens is 474 g/mol. The van der Waals surface area contributed by atoms with Gasteiger partial charge in [0.1, 0.15) is 22.7 Å². The second-order valence-corrected chi connectivity index (χ2v) is 10.6. The largest absolute Gasteiger partial charge is 0.392 e. The van der Waals surface area contributed by atoms with Gasteiger partial charge >= 0.3 is 0 Å². The summed E-state index contributed by atoms with van der Waals surface area (Å²) in [6.45, 7) is 3.35. The maximum atomic E-state index is 14.9. The van der Waals surface area contributed by atoms with Crippen molar-refractivity contribution < 1.29 is 18.7 Å². The van der Waals surface area contributed by atoms with E-state index >= 15 is 0 Å². The quantitative estimate of drug-likeness (QED) is 0.501. The SMILES string of the molecule is C[C@@H]1C[C@H](N)CN(c2c(N3C(C(N)=O)=C(N)SC3c3c(F)cccc3F)cnc3c2CC[C@H]3O)C1. The third-order valence-electron chi connectivity index (χ3n) is 6.84. The van der Waals surface area contributed by atoms with Gasteiger partial charge in [0.05, 0.1) is 40.0 Å². The first-order valence-electron chi connectivity index (χ1n) is 11.6. The van der Waals surface area contributed by atoms with E-state index < -0.39 is 29.0 Å². The van der Waals surface area contributed by atoms with Crippen LogP contribution in [0.15, 0.2) is 35.1 Å². The minimum absolute atomic E-state index is 0.0430. The number of aliphatic hydroxyl groups excluding tert-OH is 1. The number of benzene rings is 1. The second kappa shape index (κ2) is 8.96. The number of thioether (sulfide) groups is 1. The van der Waals surface area contributed by atoms with Gasteiger partial charge in [0.25, 0.3) is 5.91 Å². The van der Waals surface area contributed by atoms with Gasteiger partial charge in [-0.25, -0.2) is 8.78 Å². The number of fused-ring (bicyclic) bond motifs is 1. The van der Waals surface area contributed by atoms with Gasteiger partial charge in [-0.1, -0.05) is 24.8 Å². The number of hydrogen-bond donors (Lipinski definition) is 4. The van der Waals surface area contributed by atoms with Crippen LogP contribution in [0.2, 0.25) is 0 Å². The van der Waals surface area contributed by atoms with Gasteiger partial charge in [-0.05, 0) is 37.3 Å². The predicted octanol–water partition coefficient (Wildman–Crippen LogP) is 2.38. The molecule has 2 aliphatic heterocycles. The molecule has 1 unspecified atom stereocenters. The van der Waals surface area contributed by atoms with Crippen molar-refractivity contribution in [2.45, 2.75) is 43.7 Å². The predicted molar refractivity (Wildman–Crippen MR) is 131 cm³/mol. The summed E-state index contributed by atoms with van der Waals surface area (Å²) >= 11 is 0.959. The van der Waals surface area contributed by atoms with E-state index in [1.54, 1.807) is 0 Å². The van der Waals surface area contributed by atoms with Crippen molar-refractivity contribution in [1.82, 2.24) is 4.98 Å². The highest BCUT2D eigenvalue weighted by Gasteiger charge is 2.43. The summed E-state index contributed by atoms with van der Waals surface area (Å²) in [5.41, 5.74) is 20.6. The lowest BCUT2D eigenvalue weighted by Gasteiger charge is -2.40. The first-order chi connectivity index (χ1) is 16.7. The number of hydrogen-bond acceptors (Lipinski definition) is 8. The number of aliphatic hydroxyl groups is 1. The van der Waals surface area contributed by atoms with Crippen LogP contribution >= 0.6 is 11.8 Å². The fraction of sp³-hybridized carbons (Fsp3) is 0.417. The third-order valence-corrected chi connectivity index (χ3v) is 7.96. The number of nitrogens with zero attached hydrogens (tertiary/aromatic N) is 3. The van der Waals surface area contributed by atoms with Crippen molar-refractivity contribution in [2.24, 2.45) is 23.1 Å². The number of carbonyl (C=O) groups is 1. The first-order valence-corrected chi connectivity index (χ1v) is 12.4. The Balaban J connectivity index is 1.74. The Labute approximate surface area is 206 Å². The van der Waals surface area contributed by atoms with Crippen molar-refractivity contribution in [2.75, 3.05) is 22.9 Å². The minimum Gasteiger partial charge on any atom is -0.392 e. The highest BCUT2D eigenvalue weighted by molar-refractivity contribution is 8.03. The monoisotopic (exact) mass is 502 g/mol. The average Bonchev–Trinajstić information content (AvgIpc) is 3.32. The molecule has 1 saturated heterocycles. The van der Waals surface area contributed by atoms with E-state index in [0.717, 1.165) is 29.4 Å². The molecule has 1 aromatic carbocycles. The number of aromatic nitrogens is 1. The number of anilines is 2. The molecule has 11 heteroatoms. The number of piperidine rings is 1. The van der Waals surface area contributed by atoms with Gasteiger partial charge in [0.2, 0.25) is 0 Å². The number of pyridine rings is 1. The Kier molecular flexibility index (Phi) is 6.10. The van der Waals surface area contributed by atoms with Gasteiger partial charge < -0.3 is 32.1 Å². The second-order valence-electron chi connectivity index (χ2n) is 9.47. The molecule has 0 saturated carbocycles. The molecule has 0 spiro atoms. The number of carbonyl (C=O) groups excluding carboxylic acids is 1. The molecule has 1 aromatic heterocycles. The number of nitrogens with two attached hydrogens (primary N) is 3. The Morgan fingerprint density at radius 3 is 2.63 bits per heavy atom. The van der Waals surface area contributed by atoms with Crippen molar-refractivity contribution >= 4 is 29.0 Å². The van der Waals surface area contributed by atoms with Crippen LogP contribution in [0.4, 0.5) is 20.2 Å². The summed E-state index contributed by atoms with van der Waals surface area (Å²) in [4.78, 5) is 20.7. The average molecular weight is 503 g/mol. The normalized spacial score (nSPS) is 26.4. The summed E-state index contributed by atoms with van der Waals surface area (Å²) in [6, 6.07) is 3.54. The van der Waals surface area contributed by atoms with Crippen molar-refractivity contribution in [3.63, 3.8) is 0 Å². The number of primary amides is 1. The van der Waals surface area contributed by atoms with Gasteiger partial charge in [0.15, 0.2) is 0 Å². The van der Waals surface area contributed by atoms with Gasteiger partial charge in [-0.3, -0.25) is 9.78 Å². The van der Waals surface area contributed by atoms with Crippen LogP contribution in [0.5, 0.6) is 0 Å². The van der Waals surface area contributed by atoms with E-state index in [1.165, 1.54) is 29.3 Å². The topological polar surface area (TPSA) is 135 Å². The van der Waals surface area contributed by atoms with E-state index in [0.29, 0.717) is 43.2 Å². The van der Waals surface area contributed by atoms with Crippen LogP contribution in [0.3, 0.4) is 0 Å². The highest BCUT2D eigenvalue weighted by Crippen LogP contribution is 2.53. The zero-order chi connectivity index (χ0) is 25.0. The zero-order valence-electron chi connectivity index (χ0n) is 19.2. The minimum atomic E-state index is -1.01. The molecule has 7 N–H and O–H groups in total. The van der Waals surface area contributed by atoms with Crippen LogP contribution in [0.1, 0.15) is 48.1 Å². The summed E-state index contributed by atoms with van der Waals surface area (Å²) in [5, 5.41) is 9.58. The number of halogens is 2. The maximum Gasteiger partial charge on any atom is 0.268 e. The Hall–Kier alpha value is -2.89. The van der Waals surface area contributed by atoms with Crippen LogP contribution in [-0.2, 0) is 11.2 Å². The standard InChI is InChI=1S/C24H28F2N6O2S/c1-11-7-12(27)10-31(9-11)20-13-5-6-17(33)19(13)30-8-16(20)32-21(22(28)34)23(29)35-24(32)18-14(25)3-2-4-15(18)26/h2-4,8,11-12,17,24,33H,5-7,9-10,27,29H2,1H3,(H2,28,34)/t11-,12+,17-,24?/m1/s1. The smallest absolute Gasteiger partial charge is 0.268 e. The molecule has 1 aliphatic carbocycles. The molecule has 3 heterocycles. The van der Waals surface area contributed by atoms with Gasteiger partial charge in [0, 0.05) is 24.7 Å². The van der Waals surface area contributed by atoms with Crippen molar-refractivity contribution in [3.8, 4) is 0 Å². The molecule has 2 aromatic rings. The first kappa shape index (κ1) is 23.8.